The lowest BCUT2D eigenvalue weighted by Gasteiger charge is -2.33. The Bertz CT molecular complexity index is 1390. The van der Waals surface area contributed by atoms with Gasteiger partial charge in [0.1, 0.15) is 24.2 Å². The van der Waals surface area contributed by atoms with E-state index in [-0.39, 0.29) is 23.7 Å². The lowest BCUT2D eigenvalue weighted by Crippen LogP contribution is -2.52. The zero-order valence-electron chi connectivity index (χ0n) is 21.2. The van der Waals surface area contributed by atoms with E-state index in [0.717, 1.165) is 28.3 Å². The number of anilines is 1. The van der Waals surface area contributed by atoms with Crippen molar-refractivity contribution in [1.29, 1.82) is 0 Å². The van der Waals surface area contributed by atoms with Crippen molar-refractivity contribution >= 4 is 39.1 Å². The van der Waals surface area contributed by atoms with Crippen LogP contribution in [-0.4, -0.2) is 58.1 Å². The molecule has 3 aromatic rings. The summed E-state index contributed by atoms with van der Waals surface area (Å²) in [6.07, 6.45) is 1.13. The number of hydrogen-bond acceptors (Lipinski definition) is 5. The first-order chi connectivity index (χ1) is 18.0. The monoisotopic (exact) mass is 561 g/mol. The van der Waals surface area contributed by atoms with Crippen molar-refractivity contribution in [2.75, 3.05) is 31.3 Å². The summed E-state index contributed by atoms with van der Waals surface area (Å²) in [5.41, 5.74) is 1.51. The molecule has 0 spiro atoms. The normalized spacial score (nSPS) is 11.9. The van der Waals surface area contributed by atoms with Crippen molar-refractivity contribution in [2.24, 2.45) is 0 Å². The van der Waals surface area contributed by atoms with Gasteiger partial charge >= 0.3 is 0 Å². The third-order valence-electron chi connectivity index (χ3n) is 5.87. The number of hydrogen-bond donors (Lipinski definition) is 1. The fraction of sp³-hybridized carbons (Fsp3) is 0.259. The Morgan fingerprint density at radius 2 is 1.71 bits per heavy atom. The molecular weight excluding hydrogens is 533 g/mol. The number of rotatable bonds is 11. The van der Waals surface area contributed by atoms with Crippen molar-refractivity contribution in [3.63, 3.8) is 0 Å². The van der Waals surface area contributed by atoms with Crippen molar-refractivity contribution in [2.45, 2.75) is 19.0 Å². The Labute approximate surface area is 227 Å². The summed E-state index contributed by atoms with van der Waals surface area (Å²) in [6.45, 7) is -0.629. The second kappa shape index (κ2) is 12.7. The maximum atomic E-state index is 13.8. The van der Waals surface area contributed by atoms with Crippen LogP contribution in [0.5, 0.6) is 5.75 Å². The summed E-state index contributed by atoms with van der Waals surface area (Å²) < 4.78 is 45.3. The van der Waals surface area contributed by atoms with Crippen LogP contribution >= 0.6 is 11.6 Å². The second-order valence-corrected chi connectivity index (χ2v) is 10.9. The van der Waals surface area contributed by atoms with Crippen LogP contribution in [0.25, 0.3) is 0 Å². The first-order valence-corrected chi connectivity index (χ1v) is 13.9. The number of likely N-dealkylation sites (N-methyl/N-ethyl adjacent to an activating group) is 1. The zero-order valence-corrected chi connectivity index (χ0v) is 22.8. The number of ether oxygens (including phenoxy) is 1. The van der Waals surface area contributed by atoms with Gasteiger partial charge in [-0.1, -0.05) is 54.1 Å². The molecule has 2 amide bonds. The van der Waals surface area contributed by atoms with Gasteiger partial charge in [-0.3, -0.25) is 13.9 Å². The van der Waals surface area contributed by atoms with E-state index in [1.807, 2.05) is 30.3 Å². The third-order valence-corrected chi connectivity index (χ3v) is 7.31. The fourth-order valence-electron chi connectivity index (χ4n) is 3.94. The molecule has 0 aliphatic heterocycles. The van der Waals surface area contributed by atoms with Gasteiger partial charge in [0.25, 0.3) is 0 Å². The molecule has 0 radical (unpaired) electrons. The molecule has 0 aliphatic rings. The van der Waals surface area contributed by atoms with Crippen molar-refractivity contribution in [1.82, 2.24) is 10.2 Å². The Morgan fingerprint density at radius 3 is 2.32 bits per heavy atom. The smallest absolute Gasteiger partial charge is 0.244 e. The van der Waals surface area contributed by atoms with Gasteiger partial charge in [0, 0.05) is 20.0 Å². The van der Waals surface area contributed by atoms with Crippen LogP contribution in [0.2, 0.25) is 5.02 Å². The van der Waals surface area contributed by atoms with E-state index in [0.29, 0.717) is 11.3 Å². The maximum Gasteiger partial charge on any atom is 0.244 e. The number of nitrogens with zero attached hydrogens (tertiary/aromatic N) is 2. The van der Waals surface area contributed by atoms with Crippen LogP contribution in [0.15, 0.2) is 72.8 Å². The summed E-state index contributed by atoms with van der Waals surface area (Å²) in [5, 5.41) is 2.32. The lowest BCUT2D eigenvalue weighted by molar-refractivity contribution is -0.139. The van der Waals surface area contributed by atoms with Gasteiger partial charge in [-0.25, -0.2) is 12.8 Å². The van der Waals surface area contributed by atoms with Crippen LogP contribution in [0.4, 0.5) is 10.1 Å². The SMILES string of the molecule is CNC(=O)[C@@H](Cc1ccccc1)N(Cc1cccc(OC)c1)C(=O)CN(c1ccc(F)c(Cl)c1)S(C)(=O)=O. The fourth-order valence-corrected chi connectivity index (χ4v) is 4.96. The molecular formula is C27H29ClFN3O5S. The van der Waals surface area contributed by atoms with E-state index in [9.17, 15) is 22.4 Å². The number of benzene rings is 3. The molecule has 0 heterocycles. The molecule has 202 valence electrons. The molecule has 0 saturated carbocycles. The van der Waals surface area contributed by atoms with Crippen LogP contribution in [-0.2, 0) is 32.6 Å². The highest BCUT2D eigenvalue weighted by Crippen LogP contribution is 2.25. The van der Waals surface area contributed by atoms with Crippen molar-refractivity contribution in [3.05, 3.63) is 94.8 Å². The zero-order chi connectivity index (χ0) is 27.9. The predicted molar refractivity (Wildman–Crippen MR) is 145 cm³/mol. The highest BCUT2D eigenvalue weighted by atomic mass is 35.5. The topological polar surface area (TPSA) is 96.0 Å². The summed E-state index contributed by atoms with van der Waals surface area (Å²) in [5.74, 6) is -1.21. The number of sulfonamides is 1. The number of amides is 2. The van der Waals surface area contributed by atoms with E-state index in [4.69, 9.17) is 16.3 Å². The average Bonchev–Trinajstić information content (AvgIpc) is 2.90. The molecule has 0 bridgehead atoms. The molecule has 8 nitrogen and oxygen atoms in total. The second-order valence-electron chi connectivity index (χ2n) is 8.56. The number of methoxy groups -OCH3 is 1. The molecule has 11 heteroatoms. The molecule has 38 heavy (non-hydrogen) atoms. The third kappa shape index (κ3) is 7.45. The molecule has 0 aromatic heterocycles. The minimum atomic E-state index is -3.99. The minimum Gasteiger partial charge on any atom is -0.497 e. The summed E-state index contributed by atoms with van der Waals surface area (Å²) in [7, 11) is -0.999. The maximum absolute atomic E-state index is 13.8. The Morgan fingerprint density at radius 1 is 1.03 bits per heavy atom. The number of carbonyl (C=O) groups excluding carboxylic acids is 2. The summed E-state index contributed by atoms with van der Waals surface area (Å²) in [6, 6.07) is 18.6. The van der Waals surface area contributed by atoms with Crippen LogP contribution in [0.1, 0.15) is 11.1 Å². The molecule has 0 fully saturated rings. The van der Waals surface area contributed by atoms with Crippen molar-refractivity contribution < 1.29 is 27.1 Å². The molecule has 1 N–H and O–H groups in total. The van der Waals surface area contributed by atoms with Gasteiger partial charge in [-0.05, 0) is 41.5 Å². The van der Waals surface area contributed by atoms with Gasteiger partial charge in [0.15, 0.2) is 0 Å². The lowest BCUT2D eigenvalue weighted by atomic mass is 10.0. The van der Waals surface area contributed by atoms with E-state index in [1.165, 1.54) is 25.1 Å². The van der Waals surface area contributed by atoms with E-state index >= 15 is 0 Å². The van der Waals surface area contributed by atoms with Gasteiger partial charge in [-0.2, -0.15) is 0 Å². The van der Waals surface area contributed by atoms with Crippen LogP contribution in [0, 0.1) is 5.82 Å². The number of carbonyl (C=O) groups is 2. The van der Waals surface area contributed by atoms with Crippen LogP contribution in [0.3, 0.4) is 0 Å². The van der Waals surface area contributed by atoms with Gasteiger partial charge < -0.3 is 15.0 Å². The molecule has 3 rings (SSSR count). The molecule has 0 unspecified atom stereocenters. The van der Waals surface area contributed by atoms with Gasteiger partial charge in [0.2, 0.25) is 21.8 Å². The van der Waals surface area contributed by atoms with E-state index in [1.54, 1.807) is 24.3 Å². The molecule has 3 aromatic carbocycles. The van der Waals surface area contributed by atoms with Crippen molar-refractivity contribution in [3.8, 4) is 5.75 Å². The standard InChI is InChI=1S/C27H29ClFN3O5S/c1-30-27(34)25(15-19-8-5-4-6-9-19)31(17-20-10-7-11-22(14-20)37-2)26(33)18-32(38(3,35)36)21-12-13-24(29)23(28)16-21/h4-14,16,25H,15,17-18H2,1-3H3,(H,30,34)/t25-/m1/s1. The summed E-state index contributed by atoms with van der Waals surface area (Å²) in [4.78, 5) is 28.3. The van der Waals surface area contributed by atoms with E-state index < -0.39 is 40.2 Å². The Balaban J connectivity index is 2.04. The highest BCUT2D eigenvalue weighted by Gasteiger charge is 2.32. The molecule has 1 atom stereocenters. The quantitative estimate of drug-likeness (QED) is 0.386. The molecule has 0 saturated heterocycles. The number of nitrogens with one attached hydrogen (secondary N) is 1. The molecule has 0 aliphatic carbocycles. The first kappa shape index (κ1) is 28.9. The summed E-state index contributed by atoms with van der Waals surface area (Å²) >= 11 is 5.89. The Hall–Kier alpha value is -3.63. The highest BCUT2D eigenvalue weighted by molar-refractivity contribution is 7.92. The predicted octanol–water partition coefficient (Wildman–Crippen LogP) is 3.64. The average molecular weight is 562 g/mol. The number of halogens is 2. The van der Waals surface area contributed by atoms with Gasteiger partial charge in [-0.15, -0.1) is 0 Å². The minimum absolute atomic E-state index is 0.00271. The van der Waals surface area contributed by atoms with E-state index in [2.05, 4.69) is 5.32 Å². The van der Waals surface area contributed by atoms with Crippen LogP contribution < -0.4 is 14.4 Å². The Kier molecular flexibility index (Phi) is 9.71. The van der Waals surface area contributed by atoms with Gasteiger partial charge in [0.05, 0.1) is 24.1 Å². The largest absolute Gasteiger partial charge is 0.497 e. The first-order valence-electron chi connectivity index (χ1n) is 11.6.